The molecule has 2 amide bonds. The van der Waals surface area contributed by atoms with Crippen molar-refractivity contribution in [1.29, 1.82) is 0 Å². The first-order valence-corrected chi connectivity index (χ1v) is 12.2. The Morgan fingerprint density at radius 2 is 1.50 bits per heavy atom. The predicted octanol–water partition coefficient (Wildman–Crippen LogP) is 5.52. The summed E-state index contributed by atoms with van der Waals surface area (Å²) >= 11 is 6.30. The highest BCUT2D eigenvalue weighted by atomic mass is 35.5. The van der Waals surface area contributed by atoms with E-state index in [2.05, 4.69) is 20.3 Å². The number of benzene rings is 3. The molecule has 0 aliphatic rings. The molecule has 1 heterocycles. The largest absolute Gasteiger partial charge is 0.334 e. The van der Waals surface area contributed by atoms with Crippen LogP contribution in [0.5, 0.6) is 0 Å². The van der Waals surface area contributed by atoms with Gasteiger partial charge in [0.15, 0.2) is 0 Å². The average Bonchev–Trinajstić information content (AvgIpc) is 2.85. The Morgan fingerprint density at radius 3 is 2.21 bits per heavy atom. The molecule has 0 saturated heterocycles. The molecule has 4 rings (SSSR count). The minimum atomic E-state index is -3.90. The number of halogens is 1. The summed E-state index contributed by atoms with van der Waals surface area (Å²) in [7, 11) is -3.90. The molecule has 0 radical (unpaired) electrons. The number of carbonyl (C=O) groups is 1. The van der Waals surface area contributed by atoms with Crippen molar-refractivity contribution >= 4 is 39.0 Å². The highest BCUT2D eigenvalue weighted by Gasteiger charge is 2.20. The summed E-state index contributed by atoms with van der Waals surface area (Å²) < 4.78 is 28.9. The van der Waals surface area contributed by atoms with Gasteiger partial charge in [0, 0.05) is 46.5 Å². The molecule has 0 fully saturated rings. The molecule has 0 saturated carbocycles. The monoisotopic (exact) mass is 492 g/mol. The number of sulfonamides is 1. The van der Waals surface area contributed by atoms with Crippen molar-refractivity contribution in [2.75, 3.05) is 10.0 Å². The molecule has 1 aromatic heterocycles. The molecule has 34 heavy (non-hydrogen) atoms. The normalized spacial score (nSPS) is 11.0. The van der Waals surface area contributed by atoms with Gasteiger partial charge in [-0.05, 0) is 48.0 Å². The average molecular weight is 493 g/mol. The number of rotatable bonds is 7. The number of nitrogens with one attached hydrogen (secondary N) is 3. The molecule has 4 aromatic rings. The number of carbonyl (C=O) groups excluding carboxylic acids is 1. The molecule has 172 valence electrons. The van der Waals surface area contributed by atoms with Gasteiger partial charge in [-0.15, -0.1) is 0 Å². The molecule has 0 aliphatic heterocycles. The summed E-state index contributed by atoms with van der Waals surface area (Å²) in [6.07, 6.45) is 3.33. The Morgan fingerprint density at radius 1 is 0.824 bits per heavy atom. The van der Waals surface area contributed by atoms with E-state index >= 15 is 0 Å². The van der Waals surface area contributed by atoms with Crippen LogP contribution in [0.15, 0.2) is 102 Å². The topological polar surface area (TPSA) is 100 Å². The lowest BCUT2D eigenvalue weighted by molar-refractivity contribution is 0.251. The number of pyridine rings is 1. The van der Waals surface area contributed by atoms with Crippen LogP contribution in [0.4, 0.5) is 16.2 Å². The molecule has 0 aliphatic carbocycles. The van der Waals surface area contributed by atoms with Gasteiger partial charge in [0.1, 0.15) is 0 Å². The van der Waals surface area contributed by atoms with E-state index in [1.807, 2.05) is 6.07 Å². The first kappa shape index (κ1) is 23.3. The predicted molar refractivity (Wildman–Crippen MR) is 134 cm³/mol. The Bertz CT molecular complexity index is 1400. The summed E-state index contributed by atoms with van der Waals surface area (Å²) in [6.45, 7) is 0.336. The lowest BCUT2D eigenvalue weighted by atomic mass is 10.1. The van der Waals surface area contributed by atoms with Crippen LogP contribution in [-0.2, 0) is 16.6 Å². The number of aromatic nitrogens is 1. The Hall–Kier alpha value is -3.88. The second-order valence-corrected chi connectivity index (χ2v) is 9.39. The molecular weight excluding hydrogens is 472 g/mol. The smallest absolute Gasteiger partial charge is 0.319 e. The van der Waals surface area contributed by atoms with Gasteiger partial charge in [-0.2, -0.15) is 0 Å². The lowest BCUT2D eigenvalue weighted by Gasteiger charge is -2.14. The first-order valence-electron chi connectivity index (χ1n) is 10.3. The summed E-state index contributed by atoms with van der Waals surface area (Å²) in [5.41, 5.74) is 2.88. The number of amides is 2. The SMILES string of the molecule is O=C(NCc1cccnc1)Nc1ccc(NS(=O)(=O)c2ccccc2-c2ccccc2Cl)cc1. The van der Waals surface area contributed by atoms with Crippen LogP contribution in [0, 0.1) is 0 Å². The third kappa shape index (κ3) is 5.72. The van der Waals surface area contributed by atoms with E-state index in [1.165, 1.54) is 6.07 Å². The van der Waals surface area contributed by atoms with Gasteiger partial charge in [0.2, 0.25) is 0 Å². The second kappa shape index (κ2) is 10.4. The highest BCUT2D eigenvalue weighted by molar-refractivity contribution is 7.92. The van der Waals surface area contributed by atoms with Crippen molar-refractivity contribution < 1.29 is 13.2 Å². The fourth-order valence-electron chi connectivity index (χ4n) is 3.30. The number of nitrogens with zero attached hydrogens (tertiary/aromatic N) is 1. The molecule has 0 unspecified atom stereocenters. The van der Waals surface area contributed by atoms with Crippen molar-refractivity contribution in [1.82, 2.24) is 10.3 Å². The van der Waals surface area contributed by atoms with Crippen LogP contribution in [0.3, 0.4) is 0 Å². The van der Waals surface area contributed by atoms with Crippen LogP contribution >= 0.6 is 11.6 Å². The minimum absolute atomic E-state index is 0.111. The third-order valence-electron chi connectivity index (χ3n) is 4.91. The highest BCUT2D eigenvalue weighted by Crippen LogP contribution is 2.33. The van der Waals surface area contributed by atoms with Crippen molar-refractivity contribution in [3.05, 3.63) is 108 Å². The zero-order valence-corrected chi connectivity index (χ0v) is 19.5. The number of hydrogen-bond donors (Lipinski definition) is 3. The molecule has 3 N–H and O–H groups in total. The van der Waals surface area contributed by atoms with Gasteiger partial charge in [-0.1, -0.05) is 54.1 Å². The molecule has 7 nitrogen and oxygen atoms in total. The molecule has 0 atom stereocenters. The van der Waals surface area contributed by atoms with E-state index in [1.54, 1.807) is 85.2 Å². The summed E-state index contributed by atoms with van der Waals surface area (Å²) in [4.78, 5) is 16.2. The van der Waals surface area contributed by atoms with Gasteiger partial charge in [-0.25, -0.2) is 13.2 Å². The summed E-state index contributed by atoms with van der Waals surface area (Å²) in [5.74, 6) is 0. The first-order chi connectivity index (χ1) is 16.4. The second-order valence-electron chi connectivity index (χ2n) is 7.33. The van der Waals surface area contributed by atoms with Crippen LogP contribution in [0.1, 0.15) is 5.56 Å². The van der Waals surface area contributed by atoms with Gasteiger partial charge < -0.3 is 10.6 Å². The third-order valence-corrected chi connectivity index (χ3v) is 6.68. The van der Waals surface area contributed by atoms with Crippen LogP contribution in [-0.4, -0.2) is 19.4 Å². The summed E-state index contributed by atoms with van der Waals surface area (Å²) in [5, 5.41) is 5.90. The standard InChI is InChI=1S/C25H21ClN4O3S/c26-23-9-3-1-7-21(23)22-8-2-4-10-24(22)34(32,33)30-20-13-11-19(12-14-20)29-25(31)28-17-18-6-5-15-27-16-18/h1-16,30H,17H2,(H2,28,29,31). The van der Waals surface area contributed by atoms with Crippen molar-refractivity contribution in [3.8, 4) is 11.1 Å². The Labute approximate surface area is 202 Å². The molecule has 0 spiro atoms. The fraction of sp³-hybridized carbons (Fsp3) is 0.0400. The quantitative estimate of drug-likeness (QED) is 0.316. The maximum atomic E-state index is 13.2. The van der Waals surface area contributed by atoms with E-state index in [4.69, 9.17) is 11.6 Å². The lowest BCUT2D eigenvalue weighted by Crippen LogP contribution is -2.28. The van der Waals surface area contributed by atoms with E-state index < -0.39 is 10.0 Å². The van der Waals surface area contributed by atoms with Crippen LogP contribution in [0.2, 0.25) is 5.02 Å². The van der Waals surface area contributed by atoms with Gasteiger partial charge >= 0.3 is 6.03 Å². The van der Waals surface area contributed by atoms with Crippen molar-refractivity contribution in [2.24, 2.45) is 0 Å². The molecule has 3 aromatic carbocycles. The number of urea groups is 1. The van der Waals surface area contributed by atoms with E-state index in [0.29, 0.717) is 34.1 Å². The van der Waals surface area contributed by atoms with E-state index in [0.717, 1.165) is 5.56 Å². The maximum absolute atomic E-state index is 13.2. The molecule has 9 heteroatoms. The maximum Gasteiger partial charge on any atom is 0.319 e. The fourth-order valence-corrected chi connectivity index (χ4v) is 4.81. The Kier molecular flexibility index (Phi) is 7.10. The van der Waals surface area contributed by atoms with Crippen molar-refractivity contribution in [3.63, 3.8) is 0 Å². The zero-order valence-electron chi connectivity index (χ0n) is 17.9. The molecular formula is C25H21ClN4O3S. The molecule has 0 bridgehead atoms. The van der Waals surface area contributed by atoms with Gasteiger partial charge in [-0.3, -0.25) is 9.71 Å². The van der Waals surface area contributed by atoms with Crippen LogP contribution < -0.4 is 15.4 Å². The summed E-state index contributed by atoms with van der Waals surface area (Å²) in [6, 6.07) is 23.4. The zero-order chi connectivity index (χ0) is 24.0. The van der Waals surface area contributed by atoms with Crippen LogP contribution in [0.25, 0.3) is 11.1 Å². The van der Waals surface area contributed by atoms with E-state index in [-0.39, 0.29) is 10.9 Å². The van der Waals surface area contributed by atoms with Crippen molar-refractivity contribution in [2.45, 2.75) is 11.4 Å². The number of hydrogen-bond acceptors (Lipinski definition) is 4. The number of anilines is 2. The van der Waals surface area contributed by atoms with Gasteiger partial charge in [0.05, 0.1) is 4.90 Å². The Balaban J connectivity index is 1.44. The van der Waals surface area contributed by atoms with Gasteiger partial charge in [0.25, 0.3) is 10.0 Å². The van der Waals surface area contributed by atoms with E-state index in [9.17, 15) is 13.2 Å². The minimum Gasteiger partial charge on any atom is -0.334 e.